The van der Waals surface area contributed by atoms with Crippen molar-refractivity contribution in [3.8, 4) is 0 Å². The van der Waals surface area contributed by atoms with Crippen molar-refractivity contribution in [2.24, 2.45) is 11.8 Å². The lowest BCUT2D eigenvalue weighted by atomic mass is 10.0. The highest BCUT2D eigenvalue weighted by Crippen LogP contribution is 2.09. The summed E-state index contributed by atoms with van der Waals surface area (Å²) in [6, 6.07) is 0. The first-order valence-corrected chi connectivity index (χ1v) is 5.99. The van der Waals surface area contributed by atoms with Crippen molar-refractivity contribution in [2.45, 2.75) is 33.6 Å². The minimum atomic E-state index is 0.783. The molecule has 0 aliphatic carbocycles. The molecule has 1 atom stereocenters. The van der Waals surface area contributed by atoms with Gasteiger partial charge in [0.2, 0.25) is 0 Å². The summed E-state index contributed by atoms with van der Waals surface area (Å²) in [7, 11) is 2.22. The van der Waals surface area contributed by atoms with Crippen LogP contribution in [-0.4, -0.2) is 30.8 Å². The number of hydrogen-bond acceptors (Lipinski definition) is 2. The van der Waals surface area contributed by atoms with Crippen LogP contribution in [0.1, 0.15) is 33.6 Å². The van der Waals surface area contributed by atoms with Crippen molar-refractivity contribution in [2.75, 3.05) is 25.9 Å². The lowest BCUT2D eigenvalue weighted by Gasteiger charge is -2.20. The molecule has 0 bridgehead atoms. The molecule has 0 saturated heterocycles. The molecule has 1 nitrogen and oxygen atoms in total. The molecule has 0 saturated carbocycles. The average Bonchev–Trinajstić information content (AvgIpc) is 2.00. The highest BCUT2D eigenvalue weighted by atomic mass is 32.1. The Morgan fingerprint density at radius 1 is 1.15 bits per heavy atom. The van der Waals surface area contributed by atoms with E-state index in [2.05, 4.69) is 45.3 Å². The predicted octanol–water partition coefficient (Wildman–Crippen LogP) is 2.92. The van der Waals surface area contributed by atoms with Gasteiger partial charge in [-0.3, -0.25) is 0 Å². The number of hydrogen-bond donors (Lipinski definition) is 1. The van der Waals surface area contributed by atoms with Crippen molar-refractivity contribution < 1.29 is 0 Å². The normalized spacial score (nSPS) is 14.1. The first-order valence-electron chi connectivity index (χ1n) is 5.35. The van der Waals surface area contributed by atoms with Gasteiger partial charge in [-0.1, -0.05) is 20.8 Å². The minimum absolute atomic E-state index is 0.783. The average molecular weight is 203 g/mol. The highest BCUT2D eigenvalue weighted by Gasteiger charge is 2.05. The van der Waals surface area contributed by atoms with Gasteiger partial charge in [0.1, 0.15) is 0 Å². The van der Waals surface area contributed by atoms with Crippen LogP contribution in [0.4, 0.5) is 0 Å². The Labute approximate surface area is 89.3 Å². The summed E-state index contributed by atoms with van der Waals surface area (Å²) < 4.78 is 0. The van der Waals surface area contributed by atoms with Gasteiger partial charge in [-0.15, -0.1) is 0 Å². The van der Waals surface area contributed by atoms with Gasteiger partial charge >= 0.3 is 0 Å². The van der Waals surface area contributed by atoms with E-state index in [0.717, 1.165) is 17.6 Å². The zero-order chi connectivity index (χ0) is 10.3. The second-order valence-electron chi connectivity index (χ2n) is 4.56. The van der Waals surface area contributed by atoms with Crippen LogP contribution in [0.15, 0.2) is 0 Å². The molecule has 0 spiro atoms. The van der Waals surface area contributed by atoms with Crippen LogP contribution in [-0.2, 0) is 0 Å². The Kier molecular flexibility index (Phi) is 7.87. The minimum Gasteiger partial charge on any atom is -0.306 e. The predicted molar refractivity (Wildman–Crippen MR) is 64.6 cm³/mol. The van der Waals surface area contributed by atoms with Gasteiger partial charge in [-0.2, -0.15) is 12.6 Å². The third-order valence-electron chi connectivity index (χ3n) is 2.30. The topological polar surface area (TPSA) is 3.24 Å². The van der Waals surface area contributed by atoms with E-state index in [1.165, 1.54) is 25.9 Å². The summed E-state index contributed by atoms with van der Waals surface area (Å²) >= 11 is 4.25. The molecule has 1 unspecified atom stereocenters. The van der Waals surface area contributed by atoms with Crippen LogP contribution < -0.4 is 0 Å². The van der Waals surface area contributed by atoms with Gasteiger partial charge < -0.3 is 4.90 Å². The van der Waals surface area contributed by atoms with Crippen molar-refractivity contribution in [3.05, 3.63) is 0 Å². The summed E-state index contributed by atoms with van der Waals surface area (Å²) in [5.74, 6) is 2.63. The molecule has 0 aromatic rings. The van der Waals surface area contributed by atoms with Crippen molar-refractivity contribution in [1.29, 1.82) is 0 Å². The van der Waals surface area contributed by atoms with E-state index in [0.29, 0.717) is 0 Å². The third-order valence-corrected chi connectivity index (χ3v) is 2.56. The van der Waals surface area contributed by atoms with Gasteiger partial charge in [0.25, 0.3) is 0 Å². The Balaban J connectivity index is 3.40. The summed E-state index contributed by atoms with van der Waals surface area (Å²) in [4.78, 5) is 2.43. The first-order chi connectivity index (χ1) is 6.06. The Morgan fingerprint density at radius 3 is 2.23 bits per heavy atom. The van der Waals surface area contributed by atoms with E-state index in [-0.39, 0.29) is 0 Å². The molecule has 0 radical (unpaired) electrons. The van der Waals surface area contributed by atoms with Crippen LogP contribution in [0.5, 0.6) is 0 Å². The van der Waals surface area contributed by atoms with E-state index < -0.39 is 0 Å². The quantitative estimate of drug-likeness (QED) is 0.623. The van der Waals surface area contributed by atoms with Crippen molar-refractivity contribution >= 4 is 12.6 Å². The lowest BCUT2D eigenvalue weighted by Crippen LogP contribution is -2.25. The number of nitrogens with zero attached hydrogens (tertiary/aromatic N) is 1. The van der Waals surface area contributed by atoms with Gasteiger partial charge in [0.15, 0.2) is 0 Å². The molecule has 0 rings (SSSR count). The third kappa shape index (κ3) is 8.63. The zero-order valence-electron chi connectivity index (χ0n) is 9.58. The van der Waals surface area contributed by atoms with Gasteiger partial charge in [-0.05, 0) is 44.0 Å². The number of rotatable bonds is 7. The molecule has 2 heteroatoms. The molecule has 0 aliphatic heterocycles. The molecule has 80 valence electrons. The van der Waals surface area contributed by atoms with Gasteiger partial charge in [0.05, 0.1) is 0 Å². The largest absolute Gasteiger partial charge is 0.306 e. The molecule has 0 amide bonds. The summed E-state index contributed by atoms with van der Waals surface area (Å²) in [6.07, 6.45) is 2.56. The van der Waals surface area contributed by atoms with Gasteiger partial charge in [0, 0.05) is 6.54 Å². The fraction of sp³-hybridized carbons (Fsp3) is 1.00. The maximum Gasteiger partial charge on any atom is 0.000133 e. The van der Waals surface area contributed by atoms with E-state index in [9.17, 15) is 0 Å². The molecule has 0 aliphatic rings. The van der Waals surface area contributed by atoms with Crippen molar-refractivity contribution in [1.82, 2.24) is 4.90 Å². The molecule has 0 aromatic heterocycles. The Morgan fingerprint density at radius 2 is 1.77 bits per heavy atom. The standard InChI is InChI=1S/C11H25NS/c1-10(2)9-12(4)7-5-11(3)6-8-13/h10-11,13H,5-9H2,1-4H3. The second-order valence-corrected chi connectivity index (χ2v) is 5.01. The first kappa shape index (κ1) is 13.3. The van der Waals surface area contributed by atoms with Crippen LogP contribution in [0.2, 0.25) is 0 Å². The second kappa shape index (κ2) is 7.69. The van der Waals surface area contributed by atoms with Crippen LogP contribution in [0, 0.1) is 11.8 Å². The Bertz CT molecular complexity index is 115. The zero-order valence-corrected chi connectivity index (χ0v) is 10.5. The summed E-state index contributed by atoms with van der Waals surface area (Å²) in [5.41, 5.74) is 0. The molecule has 0 N–H and O–H groups in total. The number of thiol groups is 1. The SMILES string of the molecule is CC(C)CN(C)CCC(C)CCS. The molecule has 0 fully saturated rings. The lowest BCUT2D eigenvalue weighted by molar-refractivity contribution is 0.273. The van der Waals surface area contributed by atoms with Crippen LogP contribution >= 0.6 is 12.6 Å². The van der Waals surface area contributed by atoms with E-state index >= 15 is 0 Å². The van der Waals surface area contributed by atoms with Crippen LogP contribution in [0.3, 0.4) is 0 Å². The van der Waals surface area contributed by atoms with Crippen molar-refractivity contribution in [3.63, 3.8) is 0 Å². The maximum atomic E-state index is 4.25. The van der Waals surface area contributed by atoms with E-state index in [4.69, 9.17) is 0 Å². The molecular weight excluding hydrogens is 178 g/mol. The van der Waals surface area contributed by atoms with E-state index in [1.54, 1.807) is 0 Å². The highest BCUT2D eigenvalue weighted by molar-refractivity contribution is 7.80. The van der Waals surface area contributed by atoms with Gasteiger partial charge in [-0.25, -0.2) is 0 Å². The smallest absolute Gasteiger partial charge is 0.000133 e. The fourth-order valence-electron chi connectivity index (χ4n) is 1.52. The molecule has 0 aromatic carbocycles. The summed E-state index contributed by atoms with van der Waals surface area (Å²) in [5, 5.41) is 0. The van der Waals surface area contributed by atoms with E-state index in [1.807, 2.05) is 0 Å². The molecule has 0 heterocycles. The molecular formula is C11H25NS. The van der Waals surface area contributed by atoms with Crippen LogP contribution in [0.25, 0.3) is 0 Å². The maximum absolute atomic E-state index is 4.25. The Hall–Kier alpha value is 0.310. The molecule has 13 heavy (non-hydrogen) atoms. The summed E-state index contributed by atoms with van der Waals surface area (Å²) in [6.45, 7) is 9.31. The monoisotopic (exact) mass is 203 g/mol. The fourth-order valence-corrected chi connectivity index (χ4v) is 1.96.